The first-order valence-electron chi connectivity index (χ1n) is 15.1. The first kappa shape index (κ1) is 28.6. The minimum Gasteiger partial charge on any atom is -0.352 e. The third-order valence-electron chi connectivity index (χ3n) is 8.74. The van der Waals surface area contributed by atoms with Crippen molar-refractivity contribution in [1.82, 2.24) is 16.0 Å². The molecule has 2 aliphatic carbocycles. The summed E-state index contributed by atoms with van der Waals surface area (Å²) < 4.78 is 0. The molecule has 0 bridgehead atoms. The molecular weight excluding hydrogens is 510 g/mol. The first-order chi connectivity index (χ1) is 20.0. The largest absolute Gasteiger partial charge is 0.352 e. The summed E-state index contributed by atoms with van der Waals surface area (Å²) in [5.41, 5.74) is 1.31. The Morgan fingerprint density at radius 3 is 2.02 bits per heavy atom. The fourth-order valence-corrected chi connectivity index (χ4v) is 6.55. The summed E-state index contributed by atoms with van der Waals surface area (Å²) in [6, 6.07) is 28.2. The van der Waals surface area contributed by atoms with Crippen LogP contribution < -0.4 is 16.0 Å². The second kappa shape index (κ2) is 13.6. The van der Waals surface area contributed by atoms with Crippen molar-refractivity contribution >= 4 is 17.7 Å². The van der Waals surface area contributed by atoms with E-state index in [1.165, 1.54) is 6.42 Å². The summed E-state index contributed by atoms with van der Waals surface area (Å²) >= 11 is 0. The topological polar surface area (TPSA) is 87.3 Å². The predicted molar refractivity (Wildman–Crippen MR) is 161 cm³/mol. The number of rotatable bonds is 9. The molecule has 6 heteroatoms. The summed E-state index contributed by atoms with van der Waals surface area (Å²) in [6.45, 7) is 0. The number of hydrogen-bond donors (Lipinski definition) is 3. The molecule has 3 amide bonds. The molecule has 0 aromatic heterocycles. The van der Waals surface area contributed by atoms with Gasteiger partial charge in [0.05, 0.1) is 0 Å². The Balaban J connectivity index is 1.47. The summed E-state index contributed by atoms with van der Waals surface area (Å²) in [4.78, 5) is 41.9. The fourth-order valence-electron chi connectivity index (χ4n) is 6.55. The van der Waals surface area contributed by atoms with Crippen molar-refractivity contribution in [2.45, 2.75) is 87.7 Å². The van der Waals surface area contributed by atoms with Crippen LogP contribution in [0.3, 0.4) is 0 Å². The highest BCUT2D eigenvalue weighted by molar-refractivity contribution is 6.01. The quantitative estimate of drug-likeness (QED) is 0.319. The van der Waals surface area contributed by atoms with Gasteiger partial charge in [-0.25, -0.2) is 0 Å². The lowest BCUT2D eigenvalue weighted by molar-refractivity contribution is -0.134. The zero-order chi connectivity index (χ0) is 28.5. The van der Waals surface area contributed by atoms with E-state index in [0.29, 0.717) is 18.4 Å². The molecule has 3 N–H and O–H groups in total. The molecule has 3 atom stereocenters. The van der Waals surface area contributed by atoms with Crippen LogP contribution in [-0.2, 0) is 16.0 Å². The van der Waals surface area contributed by atoms with Gasteiger partial charge in [0.15, 0.2) is 0 Å². The van der Waals surface area contributed by atoms with Gasteiger partial charge in [-0.1, -0.05) is 111 Å². The highest BCUT2D eigenvalue weighted by Crippen LogP contribution is 2.41. The fraction of sp³-hybridized carbons (Fsp3) is 0.400. The molecule has 3 aromatic rings. The summed E-state index contributed by atoms with van der Waals surface area (Å²) in [5, 5.41) is 9.59. The van der Waals surface area contributed by atoms with E-state index in [0.717, 1.165) is 56.1 Å². The van der Waals surface area contributed by atoms with E-state index in [9.17, 15) is 14.4 Å². The maximum absolute atomic E-state index is 14.6. The van der Waals surface area contributed by atoms with Crippen LogP contribution >= 0.6 is 0 Å². The number of nitrogens with one attached hydrogen (secondary N) is 3. The number of benzene rings is 3. The van der Waals surface area contributed by atoms with Crippen molar-refractivity contribution in [3.63, 3.8) is 0 Å². The van der Waals surface area contributed by atoms with Gasteiger partial charge >= 0.3 is 0 Å². The average molecular weight is 552 g/mol. The summed E-state index contributed by atoms with van der Waals surface area (Å²) in [5.74, 6) is -0.959. The molecule has 0 saturated heterocycles. The van der Waals surface area contributed by atoms with E-state index in [1.54, 1.807) is 12.1 Å². The number of carbonyl (C=O) groups is 3. The number of amides is 3. The van der Waals surface area contributed by atoms with Gasteiger partial charge in [0, 0.05) is 23.9 Å². The van der Waals surface area contributed by atoms with Gasteiger partial charge in [-0.2, -0.15) is 0 Å². The molecule has 5 rings (SSSR count). The zero-order valence-electron chi connectivity index (χ0n) is 23.7. The van der Waals surface area contributed by atoms with Crippen LogP contribution in [0.1, 0.15) is 85.2 Å². The van der Waals surface area contributed by atoms with E-state index in [1.807, 2.05) is 78.9 Å². The third kappa shape index (κ3) is 7.05. The van der Waals surface area contributed by atoms with Crippen molar-refractivity contribution < 1.29 is 14.4 Å². The maximum atomic E-state index is 14.6. The van der Waals surface area contributed by atoms with Crippen LogP contribution in [0.4, 0.5) is 0 Å². The SMILES string of the molecule is O=C(N[C@]1(C(=O)N[C@@H](Cc2ccccc2)C(=O)NC2CCCCC2)CCCC[C@@H]1c1ccccc1)c1ccccc1. The Kier molecular flexibility index (Phi) is 9.50. The van der Waals surface area contributed by atoms with Gasteiger partial charge in [0.25, 0.3) is 5.91 Å². The van der Waals surface area contributed by atoms with Gasteiger partial charge in [0.2, 0.25) is 11.8 Å². The lowest BCUT2D eigenvalue weighted by Crippen LogP contribution is -2.65. The molecule has 3 aromatic carbocycles. The second-order valence-electron chi connectivity index (χ2n) is 11.6. The van der Waals surface area contributed by atoms with E-state index in [-0.39, 0.29) is 29.7 Å². The van der Waals surface area contributed by atoms with Gasteiger partial charge < -0.3 is 16.0 Å². The molecule has 2 fully saturated rings. The molecule has 0 heterocycles. The summed E-state index contributed by atoms with van der Waals surface area (Å²) in [7, 11) is 0. The van der Waals surface area contributed by atoms with Gasteiger partial charge in [0.1, 0.15) is 11.6 Å². The van der Waals surface area contributed by atoms with Crippen LogP contribution in [-0.4, -0.2) is 35.3 Å². The van der Waals surface area contributed by atoms with E-state index >= 15 is 0 Å². The van der Waals surface area contributed by atoms with Crippen molar-refractivity contribution in [3.8, 4) is 0 Å². The average Bonchev–Trinajstić information content (AvgIpc) is 3.02. The lowest BCUT2D eigenvalue weighted by Gasteiger charge is -2.44. The number of carbonyl (C=O) groups excluding carboxylic acids is 3. The Hall–Kier alpha value is -3.93. The molecule has 41 heavy (non-hydrogen) atoms. The van der Waals surface area contributed by atoms with Gasteiger partial charge in [-0.3, -0.25) is 14.4 Å². The Morgan fingerprint density at radius 2 is 1.34 bits per heavy atom. The molecule has 0 spiro atoms. The van der Waals surface area contributed by atoms with Gasteiger partial charge in [-0.05, 0) is 48.9 Å². The van der Waals surface area contributed by atoms with Crippen LogP contribution in [0.2, 0.25) is 0 Å². The molecular formula is C35H41N3O3. The second-order valence-corrected chi connectivity index (χ2v) is 11.6. The molecule has 0 unspecified atom stereocenters. The van der Waals surface area contributed by atoms with Crippen molar-refractivity contribution in [3.05, 3.63) is 108 Å². The maximum Gasteiger partial charge on any atom is 0.252 e. The molecule has 2 aliphatic rings. The minimum atomic E-state index is -1.19. The van der Waals surface area contributed by atoms with Crippen molar-refractivity contribution in [1.29, 1.82) is 0 Å². The highest BCUT2D eigenvalue weighted by atomic mass is 16.2. The highest BCUT2D eigenvalue weighted by Gasteiger charge is 2.49. The third-order valence-corrected chi connectivity index (χ3v) is 8.74. The van der Waals surface area contributed by atoms with E-state index in [2.05, 4.69) is 16.0 Å². The van der Waals surface area contributed by atoms with Crippen molar-refractivity contribution in [2.24, 2.45) is 0 Å². The summed E-state index contributed by atoms with van der Waals surface area (Å²) in [6.07, 6.45) is 8.75. The molecule has 0 aliphatic heterocycles. The van der Waals surface area contributed by atoms with Crippen LogP contribution in [0.25, 0.3) is 0 Å². The Labute approximate surface area is 243 Å². The molecule has 6 nitrogen and oxygen atoms in total. The van der Waals surface area contributed by atoms with E-state index < -0.39 is 11.6 Å². The van der Waals surface area contributed by atoms with Gasteiger partial charge in [-0.15, -0.1) is 0 Å². The van der Waals surface area contributed by atoms with Crippen LogP contribution in [0, 0.1) is 0 Å². The Bertz CT molecular complexity index is 1290. The molecule has 0 radical (unpaired) electrons. The lowest BCUT2D eigenvalue weighted by atomic mass is 9.68. The first-order valence-corrected chi connectivity index (χ1v) is 15.1. The molecule has 214 valence electrons. The van der Waals surface area contributed by atoms with Crippen molar-refractivity contribution in [2.75, 3.05) is 0 Å². The standard InChI is InChI=1S/C35H41N3O3/c39-32(28-19-9-3-10-20-28)38-35(24-14-13-23-30(35)27-17-7-2-8-18-27)34(41)37-31(25-26-15-5-1-6-16-26)33(40)36-29-21-11-4-12-22-29/h1-3,5-10,15-20,29-31H,4,11-14,21-25H2,(H,36,40)(H,37,41)(H,38,39)/t30-,31+,35-/m1/s1. The smallest absolute Gasteiger partial charge is 0.252 e. The molecule has 2 saturated carbocycles. The predicted octanol–water partition coefficient (Wildman–Crippen LogP) is 5.69. The monoisotopic (exact) mass is 551 g/mol. The minimum absolute atomic E-state index is 0.130. The van der Waals surface area contributed by atoms with Crippen LogP contribution in [0.15, 0.2) is 91.0 Å². The number of hydrogen-bond acceptors (Lipinski definition) is 3. The Morgan fingerprint density at radius 1 is 0.732 bits per heavy atom. The van der Waals surface area contributed by atoms with Crippen LogP contribution in [0.5, 0.6) is 0 Å². The zero-order valence-corrected chi connectivity index (χ0v) is 23.7. The van der Waals surface area contributed by atoms with E-state index in [4.69, 9.17) is 0 Å². The normalized spacial score (nSPS) is 21.8.